The fraction of sp³-hybridized carbons (Fsp3) is 0.417. The summed E-state index contributed by atoms with van der Waals surface area (Å²) in [6, 6.07) is 5.68. The quantitative estimate of drug-likeness (QED) is 0.806. The van der Waals surface area contributed by atoms with E-state index >= 15 is 0 Å². The zero-order valence-electron chi connectivity index (χ0n) is 9.60. The zero-order valence-corrected chi connectivity index (χ0v) is 9.60. The van der Waals surface area contributed by atoms with Gasteiger partial charge in [0.25, 0.3) is 0 Å². The Labute approximate surface area is 99.3 Å². The maximum Gasteiger partial charge on any atom is 0.307 e. The number of nitrogens with one attached hydrogen (secondary N) is 1. The minimum absolute atomic E-state index is 0.248. The van der Waals surface area contributed by atoms with E-state index in [9.17, 15) is 4.79 Å². The number of ether oxygens (including phenoxy) is 2. The van der Waals surface area contributed by atoms with Crippen LogP contribution in [0.5, 0.6) is 11.5 Å². The molecule has 1 aliphatic heterocycles. The second kappa shape index (κ2) is 5.05. The summed E-state index contributed by atoms with van der Waals surface area (Å²) in [5.74, 6) is 0.304. The predicted molar refractivity (Wildman–Crippen MR) is 61.1 cm³/mol. The maximum absolute atomic E-state index is 10.6. The van der Waals surface area contributed by atoms with E-state index in [0.29, 0.717) is 13.1 Å². The summed E-state index contributed by atoms with van der Waals surface area (Å²) in [7, 11) is 0. The van der Waals surface area contributed by atoms with Gasteiger partial charge in [-0.3, -0.25) is 4.79 Å². The average molecular weight is 237 g/mol. The Kier molecular flexibility index (Phi) is 3.49. The van der Waals surface area contributed by atoms with Crippen molar-refractivity contribution in [2.45, 2.75) is 13.5 Å². The molecule has 5 nitrogen and oxygen atoms in total. The standard InChI is InChI=1S/C12H15NO4/c1-8(12(14)15)5-13-6-9-3-2-4-10-11(9)17-7-16-10/h2-4,8,13H,5-7H2,1H3,(H,14,15). The smallest absolute Gasteiger partial charge is 0.307 e. The summed E-state index contributed by atoms with van der Waals surface area (Å²) in [5, 5.41) is 11.8. The Hall–Kier alpha value is -1.75. The molecule has 2 rings (SSSR count). The van der Waals surface area contributed by atoms with Gasteiger partial charge in [0, 0.05) is 18.7 Å². The zero-order chi connectivity index (χ0) is 12.3. The number of hydrogen-bond acceptors (Lipinski definition) is 4. The highest BCUT2D eigenvalue weighted by atomic mass is 16.7. The molecule has 1 unspecified atom stereocenters. The molecule has 1 aromatic rings. The summed E-state index contributed by atoms with van der Waals surface area (Å²) in [6.45, 7) is 2.92. The average Bonchev–Trinajstić information content (AvgIpc) is 2.77. The summed E-state index contributed by atoms with van der Waals surface area (Å²) in [4.78, 5) is 10.6. The monoisotopic (exact) mass is 237 g/mol. The van der Waals surface area contributed by atoms with E-state index in [2.05, 4.69) is 5.32 Å². The first-order chi connectivity index (χ1) is 8.18. The van der Waals surface area contributed by atoms with Crippen molar-refractivity contribution in [2.24, 2.45) is 5.92 Å². The highest BCUT2D eigenvalue weighted by Gasteiger charge is 2.17. The van der Waals surface area contributed by atoms with Crippen molar-refractivity contribution in [1.29, 1.82) is 0 Å². The van der Waals surface area contributed by atoms with Gasteiger partial charge in [-0.1, -0.05) is 19.1 Å². The summed E-state index contributed by atoms with van der Waals surface area (Å²) in [5.41, 5.74) is 0.984. The van der Waals surface area contributed by atoms with Crippen molar-refractivity contribution in [1.82, 2.24) is 5.32 Å². The van der Waals surface area contributed by atoms with Crippen LogP contribution in [0, 0.1) is 5.92 Å². The van der Waals surface area contributed by atoms with Gasteiger partial charge < -0.3 is 19.9 Å². The number of hydrogen-bond donors (Lipinski definition) is 2. The molecule has 2 N–H and O–H groups in total. The third-order valence-corrected chi connectivity index (χ3v) is 2.67. The molecule has 17 heavy (non-hydrogen) atoms. The topological polar surface area (TPSA) is 67.8 Å². The fourth-order valence-corrected chi connectivity index (χ4v) is 1.64. The van der Waals surface area contributed by atoms with E-state index in [-0.39, 0.29) is 6.79 Å². The minimum atomic E-state index is -0.796. The lowest BCUT2D eigenvalue weighted by Crippen LogP contribution is -2.26. The lowest BCUT2D eigenvalue weighted by atomic mass is 10.1. The predicted octanol–water partition coefficient (Wildman–Crippen LogP) is 1.23. The van der Waals surface area contributed by atoms with E-state index in [1.54, 1.807) is 6.92 Å². The molecule has 0 aliphatic carbocycles. The number of para-hydroxylation sites is 1. The Balaban J connectivity index is 1.92. The van der Waals surface area contributed by atoms with E-state index in [1.807, 2.05) is 18.2 Å². The van der Waals surface area contributed by atoms with Crippen molar-refractivity contribution in [2.75, 3.05) is 13.3 Å². The first kappa shape index (κ1) is 11.7. The Morgan fingerprint density at radius 1 is 1.53 bits per heavy atom. The van der Waals surface area contributed by atoms with Gasteiger partial charge in [-0.25, -0.2) is 0 Å². The summed E-state index contributed by atoms with van der Waals surface area (Å²) >= 11 is 0. The number of carboxylic acids is 1. The lowest BCUT2D eigenvalue weighted by molar-refractivity contribution is -0.140. The van der Waals surface area contributed by atoms with Crippen LogP contribution in [0.15, 0.2) is 18.2 Å². The molecule has 1 aliphatic rings. The number of carbonyl (C=O) groups is 1. The van der Waals surface area contributed by atoms with Crippen LogP contribution in [-0.2, 0) is 11.3 Å². The van der Waals surface area contributed by atoms with Gasteiger partial charge in [-0.2, -0.15) is 0 Å². The molecule has 0 fully saturated rings. The van der Waals surface area contributed by atoms with Crippen LogP contribution < -0.4 is 14.8 Å². The molecule has 0 aromatic heterocycles. The molecule has 0 amide bonds. The second-order valence-electron chi connectivity index (χ2n) is 4.02. The molecular formula is C12H15NO4. The van der Waals surface area contributed by atoms with Gasteiger partial charge in [0.2, 0.25) is 6.79 Å². The molecule has 1 heterocycles. The summed E-state index contributed by atoms with van der Waals surface area (Å²) < 4.78 is 10.6. The maximum atomic E-state index is 10.6. The molecule has 0 radical (unpaired) electrons. The van der Waals surface area contributed by atoms with Gasteiger partial charge in [0.15, 0.2) is 11.5 Å². The molecule has 1 aromatic carbocycles. The molecule has 0 bridgehead atoms. The fourth-order valence-electron chi connectivity index (χ4n) is 1.64. The van der Waals surface area contributed by atoms with Gasteiger partial charge in [-0.15, -0.1) is 0 Å². The van der Waals surface area contributed by atoms with E-state index in [1.165, 1.54) is 0 Å². The number of rotatable bonds is 5. The van der Waals surface area contributed by atoms with Crippen LogP contribution in [0.4, 0.5) is 0 Å². The van der Waals surface area contributed by atoms with E-state index in [0.717, 1.165) is 17.1 Å². The van der Waals surface area contributed by atoms with Crippen LogP contribution in [0.25, 0.3) is 0 Å². The Morgan fingerprint density at radius 2 is 2.35 bits per heavy atom. The lowest BCUT2D eigenvalue weighted by Gasteiger charge is -2.09. The number of aliphatic carboxylic acids is 1. The number of benzene rings is 1. The molecular weight excluding hydrogens is 222 g/mol. The van der Waals surface area contributed by atoms with Gasteiger partial charge in [-0.05, 0) is 6.07 Å². The molecule has 0 spiro atoms. The SMILES string of the molecule is CC(CNCc1cccc2c1OCO2)C(=O)O. The Bertz CT molecular complexity index is 419. The van der Waals surface area contributed by atoms with Gasteiger partial charge in [0.05, 0.1) is 5.92 Å². The van der Waals surface area contributed by atoms with Crippen LogP contribution in [0.3, 0.4) is 0 Å². The highest BCUT2D eigenvalue weighted by Crippen LogP contribution is 2.35. The largest absolute Gasteiger partial charge is 0.481 e. The van der Waals surface area contributed by atoms with Crippen LogP contribution >= 0.6 is 0 Å². The van der Waals surface area contributed by atoms with Crippen LogP contribution in [0.2, 0.25) is 0 Å². The molecule has 92 valence electrons. The second-order valence-corrected chi connectivity index (χ2v) is 4.02. The van der Waals surface area contributed by atoms with Crippen molar-refractivity contribution in [3.63, 3.8) is 0 Å². The van der Waals surface area contributed by atoms with Gasteiger partial charge >= 0.3 is 5.97 Å². The van der Waals surface area contributed by atoms with E-state index < -0.39 is 11.9 Å². The normalized spacial score (nSPS) is 14.6. The van der Waals surface area contributed by atoms with Crippen molar-refractivity contribution in [3.8, 4) is 11.5 Å². The minimum Gasteiger partial charge on any atom is -0.481 e. The first-order valence-electron chi connectivity index (χ1n) is 5.49. The molecule has 0 saturated heterocycles. The third kappa shape index (κ3) is 2.68. The highest BCUT2D eigenvalue weighted by molar-refractivity contribution is 5.69. The molecule has 1 atom stereocenters. The first-order valence-corrected chi connectivity index (χ1v) is 5.49. The van der Waals surface area contributed by atoms with Crippen LogP contribution in [-0.4, -0.2) is 24.4 Å². The third-order valence-electron chi connectivity index (χ3n) is 2.67. The van der Waals surface area contributed by atoms with Gasteiger partial charge in [0.1, 0.15) is 0 Å². The number of carboxylic acid groups (broad SMARTS) is 1. The number of fused-ring (bicyclic) bond motifs is 1. The van der Waals surface area contributed by atoms with Crippen LogP contribution in [0.1, 0.15) is 12.5 Å². The molecule has 5 heteroatoms. The van der Waals surface area contributed by atoms with Crippen molar-refractivity contribution in [3.05, 3.63) is 23.8 Å². The Morgan fingerprint density at radius 3 is 3.12 bits per heavy atom. The molecule has 0 saturated carbocycles. The van der Waals surface area contributed by atoms with E-state index in [4.69, 9.17) is 14.6 Å². The van der Waals surface area contributed by atoms with Crippen molar-refractivity contribution >= 4 is 5.97 Å². The van der Waals surface area contributed by atoms with Crippen molar-refractivity contribution < 1.29 is 19.4 Å². The summed E-state index contributed by atoms with van der Waals surface area (Å²) in [6.07, 6.45) is 0.